The number of nitrogens with zero attached hydrogens (tertiary/aromatic N) is 2. The second-order valence-corrected chi connectivity index (χ2v) is 5.64. The van der Waals surface area contributed by atoms with Crippen LogP contribution in [0.4, 0.5) is 21.5 Å². The molecule has 2 aromatic carbocycles. The summed E-state index contributed by atoms with van der Waals surface area (Å²) in [5.74, 6) is -1.07. The van der Waals surface area contributed by atoms with Crippen LogP contribution in [0.3, 0.4) is 0 Å². The standard InChI is InChI=1S/C17H14FN3O2/c18-11-5-6-14-12(9-11)17(23)19-13-3-1-2-4-15(13)21(14)16(22)10-20-7-8-20/h1-6,9H,7-8,10H2,(H,19,23). The third-order valence-corrected chi connectivity index (χ3v) is 3.99. The number of carbonyl (C=O) groups excluding carboxylic acids is 2. The number of halogens is 1. The summed E-state index contributed by atoms with van der Waals surface area (Å²) < 4.78 is 13.6. The molecule has 2 aromatic rings. The minimum atomic E-state index is -0.511. The predicted molar refractivity (Wildman–Crippen MR) is 84.4 cm³/mol. The summed E-state index contributed by atoms with van der Waals surface area (Å²) in [4.78, 5) is 28.7. The van der Waals surface area contributed by atoms with Crippen molar-refractivity contribution in [1.82, 2.24) is 4.90 Å². The van der Waals surface area contributed by atoms with Crippen LogP contribution in [-0.4, -0.2) is 36.3 Å². The molecule has 2 aliphatic rings. The third kappa shape index (κ3) is 2.47. The molecule has 0 saturated carbocycles. The number of hydrogen-bond donors (Lipinski definition) is 1. The first-order valence-corrected chi connectivity index (χ1v) is 7.39. The number of fused-ring (bicyclic) bond motifs is 2. The number of hydrogen-bond acceptors (Lipinski definition) is 3. The maximum absolute atomic E-state index is 13.6. The summed E-state index contributed by atoms with van der Waals surface area (Å²) in [5.41, 5.74) is 1.69. The maximum Gasteiger partial charge on any atom is 0.257 e. The van der Waals surface area contributed by atoms with Crippen LogP contribution in [0.1, 0.15) is 10.4 Å². The fraction of sp³-hybridized carbons (Fsp3) is 0.176. The van der Waals surface area contributed by atoms with Gasteiger partial charge in [-0.05, 0) is 30.3 Å². The summed E-state index contributed by atoms with van der Waals surface area (Å²) in [7, 11) is 0. The molecular formula is C17H14FN3O2. The van der Waals surface area contributed by atoms with E-state index in [-0.39, 0.29) is 18.0 Å². The molecule has 0 spiro atoms. The number of nitrogens with one attached hydrogen (secondary N) is 1. The zero-order valence-electron chi connectivity index (χ0n) is 12.3. The van der Waals surface area contributed by atoms with Gasteiger partial charge < -0.3 is 5.32 Å². The Hall–Kier alpha value is -2.73. The number of benzene rings is 2. The van der Waals surface area contributed by atoms with Crippen molar-refractivity contribution in [3.8, 4) is 0 Å². The number of rotatable bonds is 2. The number of amides is 2. The Morgan fingerprint density at radius 1 is 1.13 bits per heavy atom. The highest BCUT2D eigenvalue weighted by Gasteiger charge is 2.32. The third-order valence-electron chi connectivity index (χ3n) is 3.99. The molecule has 5 nitrogen and oxygen atoms in total. The van der Waals surface area contributed by atoms with E-state index in [1.807, 2.05) is 4.90 Å². The van der Waals surface area contributed by atoms with E-state index in [9.17, 15) is 14.0 Å². The first kappa shape index (κ1) is 13.9. The van der Waals surface area contributed by atoms with E-state index >= 15 is 0 Å². The van der Waals surface area contributed by atoms with Crippen molar-refractivity contribution in [2.45, 2.75) is 0 Å². The van der Waals surface area contributed by atoms with Gasteiger partial charge in [-0.15, -0.1) is 0 Å². The molecule has 2 heterocycles. The molecule has 0 atom stereocenters. The van der Waals surface area contributed by atoms with E-state index in [1.165, 1.54) is 17.0 Å². The summed E-state index contributed by atoms with van der Waals surface area (Å²) in [6.07, 6.45) is 0. The number of anilines is 3. The topological polar surface area (TPSA) is 52.4 Å². The molecule has 1 N–H and O–H groups in total. The van der Waals surface area contributed by atoms with Gasteiger partial charge in [-0.3, -0.25) is 19.4 Å². The zero-order valence-corrected chi connectivity index (χ0v) is 12.3. The molecule has 1 saturated heterocycles. The Balaban J connectivity index is 1.89. The van der Waals surface area contributed by atoms with Gasteiger partial charge in [0.25, 0.3) is 5.91 Å². The summed E-state index contributed by atoms with van der Waals surface area (Å²) in [5, 5.41) is 2.75. The molecular weight excluding hydrogens is 297 g/mol. The van der Waals surface area contributed by atoms with Gasteiger partial charge in [-0.1, -0.05) is 12.1 Å². The molecule has 116 valence electrons. The fourth-order valence-electron chi connectivity index (χ4n) is 2.74. The van der Waals surface area contributed by atoms with Crippen LogP contribution < -0.4 is 10.2 Å². The maximum atomic E-state index is 13.6. The Labute approximate surface area is 132 Å². The summed E-state index contributed by atoms with van der Waals surface area (Å²) in [6, 6.07) is 11.0. The van der Waals surface area contributed by atoms with E-state index < -0.39 is 11.7 Å². The summed E-state index contributed by atoms with van der Waals surface area (Å²) >= 11 is 0. The smallest absolute Gasteiger partial charge is 0.257 e. The fourth-order valence-corrected chi connectivity index (χ4v) is 2.74. The van der Waals surface area contributed by atoms with Crippen LogP contribution in [0.5, 0.6) is 0 Å². The van der Waals surface area contributed by atoms with Crippen LogP contribution in [0.25, 0.3) is 0 Å². The van der Waals surface area contributed by atoms with Crippen molar-refractivity contribution >= 4 is 28.9 Å². The molecule has 2 amide bonds. The predicted octanol–water partition coefficient (Wildman–Crippen LogP) is 2.37. The van der Waals surface area contributed by atoms with Crippen molar-refractivity contribution in [1.29, 1.82) is 0 Å². The molecule has 23 heavy (non-hydrogen) atoms. The van der Waals surface area contributed by atoms with Crippen molar-refractivity contribution < 1.29 is 14.0 Å². The van der Waals surface area contributed by atoms with E-state index in [4.69, 9.17) is 0 Å². The van der Waals surface area contributed by atoms with Gasteiger partial charge >= 0.3 is 0 Å². The van der Waals surface area contributed by atoms with Gasteiger partial charge in [0.15, 0.2) is 0 Å². The minimum Gasteiger partial charge on any atom is -0.320 e. The lowest BCUT2D eigenvalue weighted by atomic mass is 10.1. The Kier molecular flexibility index (Phi) is 3.12. The van der Waals surface area contributed by atoms with Gasteiger partial charge in [-0.2, -0.15) is 0 Å². The molecule has 0 aromatic heterocycles. The van der Waals surface area contributed by atoms with Crippen LogP contribution in [0.15, 0.2) is 42.5 Å². The second-order valence-electron chi connectivity index (χ2n) is 5.64. The van der Waals surface area contributed by atoms with Gasteiger partial charge in [0.05, 0.1) is 29.2 Å². The van der Waals surface area contributed by atoms with Gasteiger partial charge in [-0.25, -0.2) is 4.39 Å². The lowest BCUT2D eigenvalue weighted by Crippen LogP contribution is -2.32. The highest BCUT2D eigenvalue weighted by molar-refractivity contribution is 6.17. The van der Waals surface area contributed by atoms with Crippen LogP contribution in [-0.2, 0) is 4.79 Å². The highest BCUT2D eigenvalue weighted by atomic mass is 19.1. The molecule has 0 bridgehead atoms. The molecule has 0 radical (unpaired) electrons. The molecule has 2 aliphatic heterocycles. The van der Waals surface area contributed by atoms with Crippen molar-refractivity contribution in [3.05, 3.63) is 53.8 Å². The number of para-hydroxylation sites is 2. The number of carbonyl (C=O) groups is 2. The average Bonchev–Trinajstić information content (AvgIpc) is 3.34. The van der Waals surface area contributed by atoms with E-state index in [0.29, 0.717) is 17.1 Å². The lowest BCUT2D eigenvalue weighted by Gasteiger charge is -2.24. The van der Waals surface area contributed by atoms with Crippen LogP contribution >= 0.6 is 0 Å². The normalized spacial score (nSPS) is 16.2. The quantitative estimate of drug-likeness (QED) is 0.866. The highest BCUT2D eigenvalue weighted by Crippen LogP contribution is 2.38. The van der Waals surface area contributed by atoms with Crippen molar-refractivity contribution in [2.75, 3.05) is 29.9 Å². The van der Waals surface area contributed by atoms with E-state index in [0.717, 1.165) is 19.2 Å². The average molecular weight is 311 g/mol. The lowest BCUT2D eigenvalue weighted by molar-refractivity contribution is -0.117. The molecule has 4 rings (SSSR count). The van der Waals surface area contributed by atoms with E-state index in [1.54, 1.807) is 24.3 Å². The Morgan fingerprint density at radius 3 is 2.70 bits per heavy atom. The first-order chi connectivity index (χ1) is 11.1. The van der Waals surface area contributed by atoms with Crippen LogP contribution in [0, 0.1) is 5.82 Å². The van der Waals surface area contributed by atoms with Crippen LogP contribution in [0.2, 0.25) is 0 Å². The van der Waals surface area contributed by atoms with E-state index in [2.05, 4.69) is 5.32 Å². The van der Waals surface area contributed by atoms with Crippen molar-refractivity contribution in [2.24, 2.45) is 0 Å². The monoisotopic (exact) mass is 311 g/mol. The molecule has 0 unspecified atom stereocenters. The second kappa shape index (κ2) is 5.17. The molecule has 0 aliphatic carbocycles. The minimum absolute atomic E-state index is 0.140. The van der Waals surface area contributed by atoms with Gasteiger partial charge in [0, 0.05) is 13.1 Å². The summed E-state index contributed by atoms with van der Waals surface area (Å²) in [6.45, 7) is 2.07. The van der Waals surface area contributed by atoms with Crippen molar-refractivity contribution in [3.63, 3.8) is 0 Å². The first-order valence-electron chi connectivity index (χ1n) is 7.39. The zero-order chi connectivity index (χ0) is 16.0. The van der Waals surface area contributed by atoms with Gasteiger partial charge in [0.1, 0.15) is 5.82 Å². The van der Waals surface area contributed by atoms with Gasteiger partial charge in [0.2, 0.25) is 5.91 Å². The molecule has 1 fully saturated rings. The molecule has 6 heteroatoms. The Morgan fingerprint density at radius 2 is 1.91 bits per heavy atom. The Bertz CT molecular complexity index is 817. The largest absolute Gasteiger partial charge is 0.320 e. The SMILES string of the molecule is O=C1Nc2ccccc2N(C(=O)CN2CC2)c2ccc(F)cc21.